The summed E-state index contributed by atoms with van der Waals surface area (Å²) in [7, 11) is 0. The number of nitrogen functional groups attached to an aromatic ring is 1. The first-order valence-corrected chi connectivity index (χ1v) is 6.44. The van der Waals surface area contributed by atoms with Gasteiger partial charge in [0.1, 0.15) is 11.6 Å². The predicted molar refractivity (Wildman–Crippen MR) is 76.5 cm³/mol. The monoisotopic (exact) mass is 273 g/mol. The Morgan fingerprint density at radius 1 is 1.20 bits per heavy atom. The van der Waals surface area contributed by atoms with Crippen LogP contribution in [-0.4, -0.2) is 12.4 Å². The Morgan fingerprint density at radius 2 is 1.90 bits per heavy atom. The molecule has 0 saturated carbocycles. The van der Waals surface area contributed by atoms with E-state index in [2.05, 4.69) is 0 Å². The number of ketones is 1. The lowest BCUT2D eigenvalue weighted by atomic mass is 10.0. The molecule has 0 atom stereocenters. The molecule has 2 N–H and O–H groups in total. The first-order valence-electron chi connectivity index (χ1n) is 6.44. The molecule has 0 radical (unpaired) electrons. The molecule has 0 aliphatic carbocycles. The number of benzene rings is 2. The number of hydrogen-bond donors (Lipinski definition) is 1. The maximum absolute atomic E-state index is 13.4. The minimum Gasteiger partial charge on any atom is -0.493 e. The lowest BCUT2D eigenvalue weighted by Gasteiger charge is -2.10. The van der Waals surface area contributed by atoms with Gasteiger partial charge < -0.3 is 10.5 Å². The molecule has 0 saturated heterocycles. The summed E-state index contributed by atoms with van der Waals surface area (Å²) in [5, 5.41) is 0. The fourth-order valence-corrected chi connectivity index (χ4v) is 1.81. The van der Waals surface area contributed by atoms with Crippen LogP contribution in [0.3, 0.4) is 0 Å². The lowest BCUT2D eigenvalue weighted by molar-refractivity contribution is 0.103. The number of rotatable bonds is 5. The van der Waals surface area contributed by atoms with Crippen LogP contribution in [0.4, 0.5) is 10.1 Å². The summed E-state index contributed by atoms with van der Waals surface area (Å²) in [6.07, 6.45) is 0.812. The number of ether oxygens (including phenoxy) is 1. The average Bonchev–Trinajstić information content (AvgIpc) is 2.46. The van der Waals surface area contributed by atoms with Crippen LogP contribution < -0.4 is 10.5 Å². The molecule has 20 heavy (non-hydrogen) atoms. The van der Waals surface area contributed by atoms with Crippen LogP contribution in [-0.2, 0) is 0 Å². The summed E-state index contributed by atoms with van der Waals surface area (Å²) in [6, 6.07) is 10.5. The van der Waals surface area contributed by atoms with Gasteiger partial charge in [-0.05, 0) is 48.9 Å². The number of hydrogen-bond acceptors (Lipinski definition) is 3. The van der Waals surface area contributed by atoms with Crippen molar-refractivity contribution in [1.82, 2.24) is 0 Å². The maximum atomic E-state index is 13.4. The molecule has 0 fully saturated rings. The highest BCUT2D eigenvalue weighted by molar-refractivity contribution is 6.10. The SMILES string of the molecule is CCCOc1ccc(F)cc1C(=O)c1ccc(N)cc1. The molecule has 0 aliphatic heterocycles. The molecule has 0 aromatic heterocycles. The smallest absolute Gasteiger partial charge is 0.196 e. The van der Waals surface area contributed by atoms with Gasteiger partial charge in [-0.2, -0.15) is 0 Å². The van der Waals surface area contributed by atoms with E-state index in [-0.39, 0.29) is 11.3 Å². The van der Waals surface area contributed by atoms with Gasteiger partial charge in [-0.1, -0.05) is 6.92 Å². The Balaban J connectivity index is 2.37. The molecule has 0 heterocycles. The van der Waals surface area contributed by atoms with Gasteiger partial charge >= 0.3 is 0 Å². The van der Waals surface area contributed by atoms with Crippen molar-refractivity contribution in [3.8, 4) is 5.75 Å². The summed E-state index contributed by atoms with van der Waals surface area (Å²) >= 11 is 0. The van der Waals surface area contributed by atoms with Crippen molar-refractivity contribution in [3.63, 3.8) is 0 Å². The average molecular weight is 273 g/mol. The summed E-state index contributed by atoms with van der Waals surface area (Å²) in [6.45, 7) is 2.44. The molecule has 0 spiro atoms. The van der Waals surface area contributed by atoms with Crippen molar-refractivity contribution in [2.75, 3.05) is 12.3 Å². The van der Waals surface area contributed by atoms with E-state index in [1.165, 1.54) is 18.2 Å². The van der Waals surface area contributed by atoms with Crippen LogP contribution in [0.15, 0.2) is 42.5 Å². The second kappa shape index (κ2) is 6.19. The van der Waals surface area contributed by atoms with Crippen molar-refractivity contribution in [3.05, 3.63) is 59.4 Å². The van der Waals surface area contributed by atoms with E-state index >= 15 is 0 Å². The Hall–Kier alpha value is -2.36. The standard InChI is InChI=1S/C16H16FNO2/c1-2-9-20-15-8-5-12(17)10-14(15)16(19)11-3-6-13(18)7-4-11/h3-8,10H,2,9,18H2,1H3. The molecule has 0 unspecified atom stereocenters. The zero-order valence-electron chi connectivity index (χ0n) is 11.2. The highest BCUT2D eigenvalue weighted by Gasteiger charge is 2.15. The molecule has 3 nitrogen and oxygen atoms in total. The molecule has 104 valence electrons. The summed E-state index contributed by atoms with van der Waals surface area (Å²) in [4.78, 5) is 12.4. The Morgan fingerprint density at radius 3 is 2.55 bits per heavy atom. The molecule has 0 bridgehead atoms. The third kappa shape index (κ3) is 3.15. The van der Waals surface area contributed by atoms with Gasteiger partial charge in [-0.25, -0.2) is 4.39 Å². The van der Waals surface area contributed by atoms with Gasteiger partial charge in [0.25, 0.3) is 0 Å². The van der Waals surface area contributed by atoms with Gasteiger partial charge in [0.15, 0.2) is 5.78 Å². The first kappa shape index (κ1) is 14.1. The fourth-order valence-electron chi connectivity index (χ4n) is 1.81. The van der Waals surface area contributed by atoms with Crippen LogP contribution in [0.2, 0.25) is 0 Å². The quantitative estimate of drug-likeness (QED) is 0.670. The summed E-state index contributed by atoms with van der Waals surface area (Å²) < 4.78 is 18.9. The Labute approximate surface area is 117 Å². The minimum atomic E-state index is -0.465. The molecule has 2 aromatic rings. The van der Waals surface area contributed by atoms with E-state index in [1.54, 1.807) is 24.3 Å². The Kier molecular flexibility index (Phi) is 4.35. The van der Waals surface area contributed by atoms with E-state index in [1.807, 2.05) is 6.92 Å². The van der Waals surface area contributed by atoms with Gasteiger partial charge in [-0.3, -0.25) is 4.79 Å². The zero-order valence-corrected chi connectivity index (χ0v) is 11.2. The van der Waals surface area contributed by atoms with E-state index in [9.17, 15) is 9.18 Å². The zero-order chi connectivity index (χ0) is 14.5. The third-order valence-electron chi connectivity index (χ3n) is 2.82. The van der Waals surface area contributed by atoms with E-state index < -0.39 is 5.82 Å². The number of nitrogens with two attached hydrogens (primary N) is 1. The normalized spacial score (nSPS) is 10.3. The van der Waals surface area contributed by atoms with Gasteiger partial charge in [0.05, 0.1) is 12.2 Å². The van der Waals surface area contributed by atoms with Crippen LogP contribution in [0.25, 0.3) is 0 Å². The largest absolute Gasteiger partial charge is 0.493 e. The number of carbonyl (C=O) groups excluding carboxylic acids is 1. The van der Waals surface area contributed by atoms with E-state index in [0.29, 0.717) is 23.6 Å². The highest BCUT2D eigenvalue weighted by atomic mass is 19.1. The first-order chi connectivity index (χ1) is 9.61. The Bertz CT molecular complexity index is 608. The second-order valence-corrected chi connectivity index (χ2v) is 4.44. The van der Waals surface area contributed by atoms with E-state index in [0.717, 1.165) is 6.42 Å². The molecular weight excluding hydrogens is 257 g/mol. The molecule has 0 aliphatic rings. The van der Waals surface area contributed by atoms with E-state index in [4.69, 9.17) is 10.5 Å². The number of carbonyl (C=O) groups is 1. The van der Waals surface area contributed by atoms with Gasteiger partial charge in [-0.15, -0.1) is 0 Å². The molecular formula is C16H16FNO2. The lowest BCUT2D eigenvalue weighted by Crippen LogP contribution is -2.07. The minimum absolute atomic E-state index is 0.225. The van der Waals surface area contributed by atoms with Crippen molar-refractivity contribution in [2.24, 2.45) is 0 Å². The molecule has 2 aromatic carbocycles. The second-order valence-electron chi connectivity index (χ2n) is 4.44. The predicted octanol–water partition coefficient (Wildman–Crippen LogP) is 3.43. The number of halogens is 1. The van der Waals surface area contributed by atoms with Gasteiger partial charge in [0, 0.05) is 11.3 Å². The molecule has 4 heteroatoms. The van der Waals surface area contributed by atoms with Crippen molar-refractivity contribution >= 4 is 11.5 Å². The van der Waals surface area contributed by atoms with Crippen molar-refractivity contribution in [2.45, 2.75) is 13.3 Å². The van der Waals surface area contributed by atoms with Crippen molar-refractivity contribution < 1.29 is 13.9 Å². The van der Waals surface area contributed by atoms with Crippen LogP contribution >= 0.6 is 0 Å². The third-order valence-corrected chi connectivity index (χ3v) is 2.82. The molecule has 0 amide bonds. The molecule has 2 rings (SSSR count). The van der Waals surface area contributed by atoms with Crippen LogP contribution in [0, 0.1) is 5.82 Å². The van der Waals surface area contributed by atoms with Crippen molar-refractivity contribution in [1.29, 1.82) is 0 Å². The number of anilines is 1. The summed E-state index contributed by atoms with van der Waals surface area (Å²) in [5.74, 6) is -0.349. The highest BCUT2D eigenvalue weighted by Crippen LogP contribution is 2.23. The fraction of sp³-hybridized carbons (Fsp3) is 0.188. The maximum Gasteiger partial charge on any atom is 0.196 e. The topological polar surface area (TPSA) is 52.3 Å². The van der Waals surface area contributed by atoms with Gasteiger partial charge in [0.2, 0.25) is 0 Å². The van der Waals surface area contributed by atoms with Crippen LogP contribution in [0.5, 0.6) is 5.75 Å². The summed E-state index contributed by atoms with van der Waals surface area (Å²) in [5.41, 5.74) is 6.84. The van der Waals surface area contributed by atoms with Crippen LogP contribution in [0.1, 0.15) is 29.3 Å².